The maximum Gasteiger partial charge on any atom is 0.339 e. The maximum atomic E-state index is 13.1. The minimum Gasteiger partial charge on any atom is -0.465 e. The van der Waals surface area contributed by atoms with Crippen LogP contribution in [-0.2, 0) is 19.6 Å². The quantitative estimate of drug-likeness (QED) is 0.606. The Morgan fingerprint density at radius 3 is 2.41 bits per heavy atom. The van der Waals surface area contributed by atoms with E-state index >= 15 is 0 Å². The summed E-state index contributed by atoms with van der Waals surface area (Å²) in [7, 11) is -2.70. The molecule has 1 atom stereocenters. The van der Waals surface area contributed by atoms with Crippen LogP contribution in [0.4, 0.5) is 0 Å². The van der Waals surface area contributed by atoms with Crippen LogP contribution in [-0.4, -0.2) is 44.8 Å². The monoisotopic (exact) mass is 498 g/mol. The Balaban J connectivity index is 1.66. The number of halogens is 2. The minimum atomic E-state index is -3.90. The van der Waals surface area contributed by atoms with Crippen LogP contribution in [0.1, 0.15) is 41.7 Å². The van der Waals surface area contributed by atoms with Crippen molar-refractivity contribution < 1.29 is 22.7 Å². The molecule has 3 rings (SSSR count). The topological polar surface area (TPSA) is 92.8 Å². The number of ether oxygens (including phenoxy) is 1. The first-order valence-electron chi connectivity index (χ1n) is 10.1. The van der Waals surface area contributed by atoms with Gasteiger partial charge in [-0.1, -0.05) is 41.4 Å². The fraction of sp³-hybridized carbons (Fsp3) is 0.364. The Hall–Kier alpha value is -2.13. The van der Waals surface area contributed by atoms with E-state index in [0.29, 0.717) is 22.9 Å². The van der Waals surface area contributed by atoms with Crippen molar-refractivity contribution in [1.82, 2.24) is 9.62 Å². The summed E-state index contributed by atoms with van der Waals surface area (Å²) in [6.45, 7) is 2.17. The summed E-state index contributed by atoms with van der Waals surface area (Å²) < 4.78 is 32.3. The SMILES string of the molecule is COC(=O)c1ccccc1S(=O)(=O)N1CCC(C(=O)NC(C)c2ccc(Cl)cc2Cl)CC1. The van der Waals surface area contributed by atoms with Crippen molar-refractivity contribution in [3.05, 3.63) is 63.6 Å². The van der Waals surface area contributed by atoms with Gasteiger partial charge in [-0.05, 0) is 49.6 Å². The molecule has 0 aliphatic carbocycles. The first-order valence-corrected chi connectivity index (χ1v) is 12.3. The second kappa shape index (κ2) is 10.2. The molecule has 1 aliphatic heterocycles. The molecule has 172 valence electrons. The summed E-state index contributed by atoms with van der Waals surface area (Å²) in [5, 5.41) is 3.93. The number of carbonyl (C=O) groups excluding carboxylic acids is 2. The van der Waals surface area contributed by atoms with Crippen molar-refractivity contribution in [2.45, 2.75) is 30.7 Å². The molecule has 0 aromatic heterocycles. The Labute approximate surface area is 197 Å². The molecule has 0 radical (unpaired) electrons. The number of piperidine rings is 1. The zero-order valence-corrected chi connectivity index (χ0v) is 20.0. The van der Waals surface area contributed by atoms with Crippen molar-refractivity contribution in [3.63, 3.8) is 0 Å². The summed E-state index contributed by atoms with van der Waals surface area (Å²) in [4.78, 5) is 24.7. The van der Waals surface area contributed by atoms with Gasteiger partial charge in [0.25, 0.3) is 0 Å². The molecule has 1 heterocycles. The Morgan fingerprint density at radius 1 is 1.12 bits per heavy atom. The zero-order chi connectivity index (χ0) is 23.5. The average Bonchev–Trinajstić information content (AvgIpc) is 2.78. The molecular weight excluding hydrogens is 475 g/mol. The molecule has 0 spiro atoms. The second-order valence-corrected chi connectivity index (χ2v) is 10.3. The number of methoxy groups -OCH3 is 1. The maximum absolute atomic E-state index is 13.1. The molecule has 0 bridgehead atoms. The van der Waals surface area contributed by atoms with Crippen LogP contribution in [0.25, 0.3) is 0 Å². The lowest BCUT2D eigenvalue weighted by Gasteiger charge is -2.31. The molecule has 7 nitrogen and oxygen atoms in total. The number of hydrogen-bond acceptors (Lipinski definition) is 5. The summed E-state index contributed by atoms with van der Waals surface area (Å²) in [5.41, 5.74) is 0.743. The van der Waals surface area contributed by atoms with Crippen LogP contribution in [0.3, 0.4) is 0 Å². The van der Waals surface area contributed by atoms with E-state index in [0.717, 1.165) is 5.56 Å². The predicted octanol–water partition coefficient (Wildman–Crippen LogP) is 4.06. The number of amides is 1. The Kier molecular flexibility index (Phi) is 7.82. The summed E-state index contributed by atoms with van der Waals surface area (Å²) >= 11 is 12.2. The summed E-state index contributed by atoms with van der Waals surface area (Å²) in [6.07, 6.45) is 0.735. The van der Waals surface area contributed by atoms with Gasteiger partial charge in [-0.15, -0.1) is 0 Å². The molecule has 0 saturated carbocycles. The predicted molar refractivity (Wildman–Crippen MR) is 122 cm³/mol. The van der Waals surface area contributed by atoms with E-state index in [4.69, 9.17) is 27.9 Å². The number of carbonyl (C=O) groups is 2. The number of hydrogen-bond donors (Lipinski definition) is 1. The lowest BCUT2D eigenvalue weighted by Crippen LogP contribution is -2.43. The van der Waals surface area contributed by atoms with Crippen LogP contribution in [0.15, 0.2) is 47.4 Å². The van der Waals surface area contributed by atoms with E-state index in [-0.39, 0.29) is 41.4 Å². The molecule has 1 aliphatic rings. The van der Waals surface area contributed by atoms with Crippen LogP contribution in [0.2, 0.25) is 10.0 Å². The van der Waals surface area contributed by atoms with E-state index in [1.165, 1.54) is 23.5 Å². The largest absolute Gasteiger partial charge is 0.465 e. The summed E-state index contributed by atoms with van der Waals surface area (Å²) in [6, 6.07) is 10.7. The highest BCUT2D eigenvalue weighted by molar-refractivity contribution is 7.89. The van der Waals surface area contributed by atoms with Crippen molar-refractivity contribution in [3.8, 4) is 0 Å². The molecular formula is C22H24Cl2N2O5S. The molecule has 32 heavy (non-hydrogen) atoms. The van der Waals surface area contributed by atoms with Crippen molar-refractivity contribution in [2.75, 3.05) is 20.2 Å². The van der Waals surface area contributed by atoms with Gasteiger partial charge in [0.05, 0.1) is 23.6 Å². The molecule has 1 N–H and O–H groups in total. The highest BCUT2D eigenvalue weighted by Crippen LogP contribution is 2.29. The van der Waals surface area contributed by atoms with Crippen LogP contribution in [0, 0.1) is 5.92 Å². The number of esters is 1. The van der Waals surface area contributed by atoms with E-state index in [1.807, 2.05) is 6.92 Å². The molecule has 1 amide bonds. The van der Waals surface area contributed by atoms with E-state index < -0.39 is 16.0 Å². The van der Waals surface area contributed by atoms with Gasteiger partial charge in [-0.25, -0.2) is 13.2 Å². The van der Waals surface area contributed by atoms with Gasteiger partial charge in [0.2, 0.25) is 15.9 Å². The fourth-order valence-electron chi connectivity index (χ4n) is 3.73. The third kappa shape index (κ3) is 5.26. The lowest BCUT2D eigenvalue weighted by atomic mass is 9.96. The van der Waals surface area contributed by atoms with Gasteiger partial charge >= 0.3 is 5.97 Å². The van der Waals surface area contributed by atoms with Gasteiger partial charge in [0.1, 0.15) is 0 Å². The van der Waals surface area contributed by atoms with Crippen LogP contribution in [0.5, 0.6) is 0 Å². The molecule has 1 unspecified atom stereocenters. The Morgan fingerprint density at radius 2 is 1.78 bits per heavy atom. The van der Waals surface area contributed by atoms with E-state index in [1.54, 1.807) is 30.3 Å². The van der Waals surface area contributed by atoms with Gasteiger partial charge in [0, 0.05) is 29.1 Å². The molecule has 2 aromatic carbocycles. The number of benzene rings is 2. The second-order valence-electron chi connectivity index (χ2n) is 7.56. The van der Waals surface area contributed by atoms with E-state index in [2.05, 4.69) is 5.32 Å². The standard InChI is InChI=1S/C22H24Cl2N2O5S/c1-14(17-8-7-16(23)13-19(17)24)25-21(27)15-9-11-26(12-10-15)32(29,30)20-6-4-3-5-18(20)22(28)31-2/h3-8,13-15H,9-12H2,1-2H3,(H,25,27). The fourth-order valence-corrected chi connectivity index (χ4v) is 5.95. The smallest absolute Gasteiger partial charge is 0.339 e. The number of nitrogens with one attached hydrogen (secondary N) is 1. The zero-order valence-electron chi connectivity index (χ0n) is 17.7. The molecule has 2 aromatic rings. The first-order chi connectivity index (χ1) is 15.1. The van der Waals surface area contributed by atoms with Gasteiger partial charge in [-0.3, -0.25) is 4.79 Å². The lowest BCUT2D eigenvalue weighted by molar-refractivity contribution is -0.126. The molecule has 10 heteroatoms. The van der Waals surface area contributed by atoms with Gasteiger partial charge in [-0.2, -0.15) is 4.31 Å². The minimum absolute atomic E-state index is 0.0106. The third-order valence-corrected chi connectivity index (χ3v) is 8.04. The summed E-state index contributed by atoms with van der Waals surface area (Å²) in [5.74, 6) is -1.20. The van der Waals surface area contributed by atoms with E-state index in [9.17, 15) is 18.0 Å². The first kappa shape index (κ1) is 24.5. The number of sulfonamides is 1. The number of nitrogens with zero attached hydrogens (tertiary/aromatic N) is 1. The molecule has 1 fully saturated rings. The van der Waals surface area contributed by atoms with Crippen molar-refractivity contribution in [1.29, 1.82) is 0 Å². The third-order valence-electron chi connectivity index (χ3n) is 5.52. The van der Waals surface area contributed by atoms with Crippen molar-refractivity contribution >= 4 is 45.1 Å². The normalized spacial score (nSPS) is 16.4. The Bertz CT molecular complexity index is 1120. The van der Waals surface area contributed by atoms with Crippen LogP contribution < -0.4 is 5.32 Å². The molecule has 1 saturated heterocycles. The highest BCUT2D eigenvalue weighted by Gasteiger charge is 2.34. The van der Waals surface area contributed by atoms with Crippen LogP contribution >= 0.6 is 23.2 Å². The van der Waals surface area contributed by atoms with Gasteiger partial charge in [0.15, 0.2) is 0 Å². The number of rotatable bonds is 6. The van der Waals surface area contributed by atoms with Gasteiger partial charge < -0.3 is 10.1 Å². The van der Waals surface area contributed by atoms with Crippen molar-refractivity contribution in [2.24, 2.45) is 5.92 Å². The average molecular weight is 499 g/mol. The highest BCUT2D eigenvalue weighted by atomic mass is 35.5.